The van der Waals surface area contributed by atoms with Crippen LogP contribution in [0.5, 0.6) is 11.5 Å². The van der Waals surface area contributed by atoms with Crippen LogP contribution in [0.15, 0.2) is 18.2 Å². The number of rotatable bonds is 4. The molecule has 19 heavy (non-hydrogen) atoms. The monoisotopic (exact) mass is 285 g/mol. The number of halogens is 1. The summed E-state index contributed by atoms with van der Waals surface area (Å²) < 4.78 is 0. The molecule has 0 aromatic heterocycles. The van der Waals surface area contributed by atoms with Gasteiger partial charge in [0.05, 0.1) is 10.9 Å². The van der Waals surface area contributed by atoms with Crippen molar-refractivity contribution in [2.24, 2.45) is 5.41 Å². The first-order chi connectivity index (χ1) is 8.69. The number of hydrogen-bond donors (Lipinski definition) is 3. The number of carbonyl (C=O) groups is 1. The van der Waals surface area contributed by atoms with Gasteiger partial charge in [0.25, 0.3) is 5.91 Å². The Morgan fingerprint density at radius 2 is 2.00 bits per heavy atom. The van der Waals surface area contributed by atoms with Gasteiger partial charge in [-0.15, -0.1) is 11.6 Å². The second-order valence-corrected chi connectivity index (χ2v) is 6.39. The van der Waals surface area contributed by atoms with Crippen molar-refractivity contribution in [1.82, 2.24) is 5.32 Å². The molecule has 0 saturated carbocycles. The summed E-state index contributed by atoms with van der Waals surface area (Å²) in [5.74, 6) is -0.690. The van der Waals surface area contributed by atoms with E-state index >= 15 is 0 Å². The van der Waals surface area contributed by atoms with Gasteiger partial charge in [-0.25, -0.2) is 0 Å². The molecule has 0 spiro atoms. The number of alkyl halides is 1. The van der Waals surface area contributed by atoms with Gasteiger partial charge in [0, 0.05) is 6.54 Å². The highest BCUT2D eigenvalue weighted by molar-refractivity contribution is 6.21. The minimum Gasteiger partial charge on any atom is -0.508 e. The van der Waals surface area contributed by atoms with Crippen LogP contribution in [0.1, 0.15) is 37.6 Å². The summed E-state index contributed by atoms with van der Waals surface area (Å²) in [6.45, 7) is 6.54. The third kappa shape index (κ3) is 5.39. The lowest BCUT2D eigenvalue weighted by molar-refractivity contribution is 0.0949. The normalized spacial score (nSPS) is 13.1. The molecule has 4 nitrogen and oxygen atoms in total. The molecule has 1 atom stereocenters. The van der Waals surface area contributed by atoms with Gasteiger partial charge < -0.3 is 15.5 Å². The van der Waals surface area contributed by atoms with Crippen molar-refractivity contribution in [1.29, 1.82) is 0 Å². The molecule has 3 N–H and O–H groups in total. The van der Waals surface area contributed by atoms with Crippen LogP contribution in [0.3, 0.4) is 0 Å². The number of carbonyl (C=O) groups excluding carboxylic acids is 1. The lowest BCUT2D eigenvalue weighted by Crippen LogP contribution is -2.31. The maximum atomic E-state index is 11.8. The topological polar surface area (TPSA) is 69.6 Å². The zero-order valence-electron chi connectivity index (χ0n) is 11.4. The maximum absolute atomic E-state index is 11.8. The van der Waals surface area contributed by atoms with Gasteiger partial charge in [0.2, 0.25) is 0 Å². The second kappa shape index (κ2) is 6.15. The SMILES string of the molecule is CC(C)(C)CC(Cl)CNC(=O)c1cc(O)ccc1O. The molecule has 1 aromatic rings. The van der Waals surface area contributed by atoms with E-state index in [4.69, 9.17) is 11.6 Å². The highest BCUT2D eigenvalue weighted by Crippen LogP contribution is 2.24. The third-order valence-electron chi connectivity index (χ3n) is 2.54. The molecular weight excluding hydrogens is 266 g/mol. The van der Waals surface area contributed by atoms with E-state index in [2.05, 4.69) is 26.1 Å². The van der Waals surface area contributed by atoms with Gasteiger partial charge in [-0.1, -0.05) is 20.8 Å². The van der Waals surface area contributed by atoms with E-state index in [1.165, 1.54) is 18.2 Å². The lowest BCUT2D eigenvalue weighted by atomic mass is 9.90. The summed E-state index contributed by atoms with van der Waals surface area (Å²) in [5.41, 5.74) is 0.129. The predicted molar refractivity (Wildman–Crippen MR) is 75.8 cm³/mol. The molecule has 1 rings (SSSR count). The van der Waals surface area contributed by atoms with Gasteiger partial charge >= 0.3 is 0 Å². The van der Waals surface area contributed by atoms with Crippen molar-refractivity contribution in [3.05, 3.63) is 23.8 Å². The van der Waals surface area contributed by atoms with Gasteiger partial charge in [-0.3, -0.25) is 4.79 Å². The van der Waals surface area contributed by atoms with Crippen LogP contribution in [-0.4, -0.2) is 28.0 Å². The van der Waals surface area contributed by atoms with E-state index in [-0.39, 0.29) is 27.9 Å². The number of nitrogens with one attached hydrogen (secondary N) is 1. The van der Waals surface area contributed by atoms with Crippen LogP contribution in [0, 0.1) is 5.41 Å². The van der Waals surface area contributed by atoms with Crippen LogP contribution in [0.4, 0.5) is 0 Å². The van der Waals surface area contributed by atoms with Crippen molar-refractivity contribution >= 4 is 17.5 Å². The number of aromatic hydroxyl groups is 2. The standard InChI is InChI=1S/C14H20ClNO3/c1-14(2,3)7-9(15)8-16-13(19)11-6-10(17)4-5-12(11)18/h4-6,9,17-18H,7-8H2,1-3H3,(H,16,19). The Kier molecular flexibility index (Phi) is 5.06. The van der Waals surface area contributed by atoms with E-state index in [0.717, 1.165) is 6.42 Å². The van der Waals surface area contributed by atoms with E-state index in [0.29, 0.717) is 6.54 Å². The second-order valence-electron chi connectivity index (χ2n) is 5.77. The van der Waals surface area contributed by atoms with Crippen molar-refractivity contribution in [2.45, 2.75) is 32.6 Å². The fourth-order valence-corrected chi connectivity index (χ4v) is 2.28. The van der Waals surface area contributed by atoms with Crippen molar-refractivity contribution in [3.8, 4) is 11.5 Å². The Hall–Kier alpha value is -1.42. The van der Waals surface area contributed by atoms with Crippen LogP contribution in [0.2, 0.25) is 0 Å². The molecular formula is C14H20ClNO3. The molecule has 0 aliphatic heterocycles. The Morgan fingerprint density at radius 3 is 2.58 bits per heavy atom. The zero-order valence-corrected chi connectivity index (χ0v) is 12.2. The van der Waals surface area contributed by atoms with Crippen molar-refractivity contribution < 1.29 is 15.0 Å². The number of phenolic OH excluding ortho intramolecular Hbond substituents is 2. The molecule has 0 radical (unpaired) electrons. The molecule has 0 heterocycles. The molecule has 0 aliphatic rings. The summed E-state index contributed by atoms with van der Waals surface area (Å²) in [6, 6.07) is 3.81. The number of hydrogen-bond acceptors (Lipinski definition) is 3. The molecule has 1 amide bonds. The van der Waals surface area contributed by atoms with Gasteiger partial charge in [-0.05, 0) is 30.0 Å². The van der Waals surface area contributed by atoms with E-state index in [1.54, 1.807) is 0 Å². The first-order valence-electron chi connectivity index (χ1n) is 6.13. The predicted octanol–water partition coefficient (Wildman–Crippen LogP) is 2.87. The van der Waals surface area contributed by atoms with Crippen molar-refractivity contribution in [3.63, 3.8) is 0 Å². The Labute approximate surface area is 118 Å². The number of benzene rings is 1. The average molecular weight is 286 g/mol. The Morgan fingerprint density at radius 1 is 1.37 bits per heavy atom. The van der Waals surface area contributed by atoms with E-state index < -0.39 is 5.91 Å². The smallest absolute Gasteiger partial charge is 0.255 e. The summed E-state index contributed by atoms with van der Waals surface area (Å²) >= 11 is 6.14. The molecule has 0 bridgehead atoms. The Balaban J connectivity index is 2.58. The highest BCUT2D eigenvalue weighted by atomic mass is 35.5. The zero-order chi connectivity index (χ0) is 14.6. The number of phenols is 2. The van der Waals surface area contributed by atoms with Crippen LogP contribution in [-0.2, 0) is 0 Å². The molecule has 0 saturated heterocycles. The van der Waals surface area contributed by atoms with Crippen LogP contribution in [0.25, 0.3) is 0 Å². The molecule has 1 unspecified atom stereocenters. The number of amides is 1. The fraction of sp³-hybridized carbons (Fsp3) is 0.500. The summed E-state index contributed by atoms with van der Waals surface area (Å²) in [4.78, 5) is 11.8. The summed E-state index contributed by atoms with van der Waals surface area (Å²) in [5, 5.41) is 21.3. The Bertz CT molecular complexity index is 454. The molecule has 106 valence electrons. The fourth-order valence-electron chi connectivity index (χ4n) is 1.74. The highest BCUT2D eigenvalue weighted by Gasteiger charge is 2.18. The summed E-state index contributed by atoms with van der Waals surface area (Å²) in [6.07, 6.45) is 0.765. The minimum absolute atomic E-state index is 0.0413. The van der Waals surface area contributed by atoms with Gasteiger partial charge in [-0.2, -0.15) is 0 Å². The molecule has 0 aliphatic carbocycles. The molecule has 1 aromatic carbocycles. The van der Waals surface area contributed by atoms with Crippen LogP contribution < -0.4 is 5.32 Å². The lowest BCUT2D eigenvalue weighted by Gasteiger charge is -2.22. The average Bonchev–Trinajstić information content (AvgIpc) is 2.27. The maximum Gasteiger partial charge on any atom is 0.255 e. The van der Waals surface area contributed by atoms with Crippen LogP contribution >= 0.6 is 11.6 Å². The largest absolute Gasteiger partial charge is 0.508 e. The quantitative estimate of drug-likeness (QED) is 0.588. The molecule has 0 fully saturated rings. The van der Waals surface area contributed by atoms with E-state index in [9.17, 15) is 15.0 Å². The third-order valence-corrected chi connectivity index (χ3v) is 2.85. The van der Waals surface area contributed by atoms with Crippen molar-refractivity contribution in [2.75, 3.05) is 6.54 Å². The first-order valence-corrected chi connectivity index (χ1v) is 6.57. The minimum atomic E-state index is -0.451. The molecule has 5 heteroatoms. The van der Waals surface area contributed by atoms with Gasteiger partial charge in [0.1, 0.15) is 11.5 Å². The van der Waals surface area contributed by atoms with E-state index in [1.807, 2.05) is 0 Å². The first kappa shape index (κ1) is 15.6. The summed E-state index contributed by atoms with van der Waals surface area (Å²) in [7, 11) is 0. The van der Waals surface area contributed by atoms with Gasteiger partial charge in [0.15, 0.2) is 0 Å².